The van der Waals surface area contributed by atoms with E-state index in [0.717, 1.165) is 0 Å². The van der Waals surface area contributed by atoms with E-state index in [1.165, 1.54) is 7.11 Å². The molecule has 1 aromatic heterocycles. The Labute approximate surface area is 95.4 Å². The molecule has 1 heterocycles. The zero-order valence-corrected chi connectivity index (χ0v) is 9.08. The Balaban J connectivity index is 2.86. The Bertz CT molecular complexity index is 615. The summed E-state index contributed by atoms with van der Waals surface area (Å²) in [6.45, 7) is 0. The molecule has 2 rings (SSSR count). The summed E-state index contributed by atoms with van der Waals surface area (Å²) in [5, 5.41) is 0.558. The van der Waals surface area contributed by atoms with Crippen LogP contribution >= 0.6 is 11.6 Å². The largest absolute Gasteiger partial charge is 0.465 e. The van der Waals surface area contributed by atoms with Crippen molar-refractivity contribution in [3.8, 4) is 0 Å². The Morgan fingerprint density at radius 1 is 1.38 bits per heavy atom. The van der Waals surface area contributed by atoms with Gasteiger partial charge in [-0.1, -0.05) is 23.7 Å². The van der Waals surface area contributed by atoms with Gasteiger partial charge in [0.05, 0.1) is 12.1 Å². The summed E-state index contributed by atoms with van der Waals surface area (Å²) < 4.78 is 9.42. The number of benzene rings is 1. The molecule has 0 aliphatic rings. The predicted molar refractivity (Wildman–Crippen MR) is 58.8 cm³/mol. The molecular formula is C11H7ClO4. The lowest BCUT2D eigenvalue weighted by Crippen LogP contribution is -2.16. The third-order valence-corrected chi connectivity index (χ3v) is 2.53. The van der Waals surface area contributed by atoms with E-state index < -0.39 is 11.6 Å². The summed E-state index contributed by atoms with van der Waals surface area (Å²) in [7, 11) is 1.17. The van der Waals surface area contributed by atoms with E-state index >= 15 is 0 Å². The lowest BCUT2D eigenvalue weighted by molar-refractivity contribution is 0.0596. The molecule has 0 radical (unpaired) electrons. The van der Waals surface area contributed by atoms with Crippen LogP contribution in [-0.2, 0) is 4.74 Å². The monoisotopic (exact) mass is 238 g/mol. The Morgan fingerprint density at radius 3 is 2.75 bits per heavy atom. The van der Waals surface area contributed by atoms with Crippen LogP contribution in [0.3, 0.4) is 0 Å². The number of methoxy groups -OCH3 is 1. The first-order chi connectivity index (χ1) is 7.65. The molecule has 5 heteroatoms. The summed E-state index contributed by atoms with van der Waals surface area (Å²) in [4.78, 5) is 22.8. The van der Waals surface area contributed by atoms with Crippen molar-refractivity contribution >= 4 is 28.5 Å². The molecular weight excluding hydrogens is 232 g/mol. The van der Waals surface area contributed by atoms with E-state index in [1.807, 2.05) is 0 Å². The van der Waals surface area contributed by atoms with Gasteiger partial charge in [-0.2, -0.15) is 0 Å². The molecule has 0 fully saturated rings. The van der Waals surface area contributed by atoms with Crippen LogP contribution in [0.4, 0.5) is 0 Å². The van der Waals surface area contributed by atoms with Crippen LogP contribution in [-0.4, -0.2) is 13.1 Å². The quantitative estimate of drug-likeness (QED) is 0.565. The molecule has 4 nitrogen and oxygen atoms in total. The maximum absolute atomic E-state index is 11.5. The molecule has 0 atom stereocenters. The van der Waals surface area contributed by atoms with E-state index in [1.54, 1.807) is 24.3 Å². The highest BCUT2D eigenvalue weighted by molar-refractivity contribution is 6.38. The Hall–Kier alpha value is -1.81. The third-order valence-electron chi connectivity index (χ3n) is 2.14. The first kappa shape index (κ1) is 10.7. The number of carbonyl (C=O) groups excluding carboxylic acids is 1. The predicted octanol–water partition coefficient (Wildman–Crippen LogP) is 2.23. The number of rotatable bonds is 1. The van der Waals surface area contributed by atoms with Crippen LogP contribution in [0.15, 0.2) is 33.5 Å². The van der Waals surface area contributed by atoms with Crippen molar-refractivity contribution in [3.05, 3.63) is 45.3 Å². The van der Waals surface area contributed by atoms with Crippen LogP contribution in [0.1, 0.15) is 10.4 Å². The second-order valence-electron chi connectivity index (χ2n) is 3.07. The third kappa shape index (κ3) is 1.57. The molecule has 2 aromatic rings. The molecule has 0 saturated carbocycles. The van der Waals surface area contributed by atoms with Gasteiger partial charge >= 0.3 is 11.6 Å². The zero-order valence-electron chi connectivity index (χ0n) is 8.32. The fraction of sp³-hybridized carbons (Fsp3) is 0.0909. The highest BCUT2D eigenvalue weighted by Crippen LogP contribution is 2.24. The molecule has 0 amide bonds. The molecule has 0 saturated heterocycles. The molecule has 1 aromatic carbocycles. The first-order valence-electron chi connectivity index (χ1n) is 4.45. The van der Waals surface area contributed by atoms with Crippen molar-refractivity contribution in [3.63, 3.8) is 0 Å². The van der Waals surface area contributed by atoms with Gasteiger partial charge in [0, 0.05) is 5.39 Å². The summed E-state index contributed by atoms with van der Waals surface area (Å²) in [5.74, 6) is -0.801. The van der Waals surface area contributed by atoms with Gasteiger partial charge in [0.1, 0.15) is 5.58 Å². The number of esters is 1. The second kappa shape index (κ2) is 3.98. The highest BCUT2D eigenvalue weighted by Gasteiger charge is 2.19. The SMILES string of the molecule is COC(=O)c1c(Cl)c2ccccc2oc1=O. The van der Waals surface area contributed by atoms with E-state index in [9.17, 15) is 9.59 Å². The highest BCUT2D eigenvalue weighted by atomic mass is 35.5. The van der Waals surface area contributed by atoms with Gasteiger partial charge in [-0.25, -0.2) is 9.59 Å². The lowest BCUT2D eigenvalue weighted by atomic mass is 10.2. The topological polar surface area (TPSA) is 56.5 Å². The fourth-order valence-corrected chi connectivity index (χ4v) is 1.70. The molecule has 0 spiro atoms. The molecule has 0 aliphatic carbocycles. The second-order valence-corrected chi connectivity index (χ2v) is 3.44. The number of hydrogen-bond acceptors (Lipinski definition) is 4. The van der Waals surface area contributed by atoms with Gasteiger partial charge in [0.2, 0.25) is 0 Å². The van der Waals surface area contributed by atoms with Gasteiger partial charge in [-0.15, -0.1) is 0 Å². The molecule has 16 heavy (non-hydrogen) atoms. The van der Waals surface area contributed by atoms with Crippen LogP contribution in [0, 0.1) is 0 Å². The fourth-order valence-electron chi connectivity index (χ4n) is 1.39. The number of hydrogen-bond donors (Lipinski definition) is 0. The average molecular weight is 239 g/mol. The summed E-state index contributed by atoms with van der Waals surface area (Å²) in [6, 6.07) is 6.70. The average Bonchev–Trinajstić information content (AvgIpc) is 2.28. The van der Waals surface area contributed by atoms with Crippen molar-refractivity contribution in [1.82, 2.24) is 0 Å². The zero-order chi connectivity index (χ0) is 11.7. The standard InChI is InChI=1S/C11H7ClO4/c1-15-10(13)8-9(12)6-4-2-3-5-7(6)16-11(8)14/h2-5H,1H3. The van der Waals surface area contributed by atoms with E-state index in [-0.39, 0.29) is 10.6 Å². The Morgan fingerprint density at radius 2 is 2.06 bits per heavy atom. The summed E-state index contributed by atoms with van der Waals surface area (Å²) in [6.07, 6.45) is 0. The molecule has 82 valence electrons. The number of carbonyl (C=O) groups is 1. The van der Waals surface area contributed by atoms with Crippen LogP contribution in [0.5, 0.6) is 0 Å². The summed E-state index contributed by atoms with van der Waals surface area (Å²) in [5.41, 5.74) is -0.733. The van der Waals surface area contributed by atoms with Crippen molar-refractivity contribution in [1.29, 1.82) is 0 Å². The van der Waals surface area contributed by atoms with Crippen molar-refractivity contribution < 1.29 is 13.9 Å². The van der Waals surface area contributed by atoms with Gasteiger partial charge in [-0.3, -0.25) is 0 Å². The number of ether oxygens (including phenoxy) is 1. The minimum atomic E-state index is -0.801. The van der Waals surface area contributed by atoms with Gasteiger partial charge in [0.25, 0.3) is 0 Å². The lowest BCUT2D eigenvalue weighted by Gasteiger charge is -2.03. The van der Waals surface area contributed by atoms with Crippen LogP contribution in [0.25, 0.3) is 11.0 Å². The van der Waals surface area contributed by atoms with Gasteiger partial charge < -0.3 is 9.15 Å². The van der Waals surface area contributed by atoms with E-state index in [0.29, 0.717) is 11.0 Å². The molecule has 0 N–H and O–H groups in total. The first-order valence-corrected chi connectivity index (χ1v) is 4.82. The smallest absolute Gasteiger partial charge is 0.352 e. The number of halogens is 1. The summed E-state index contributed by atoms with van der Waals surface area (Å²) >= 11 is 5.96. The molecule has 0 aliphatic heterocycles. The minimum Gasteiger partial charge on any atom is -0.465 e. The normalized spacial score (nSPS) is 10.4. The van der Waals surface area contributed by atoms with Gasteiger partial charge in [-0.05, 0) is 12.1 Å². The minimum absolute atomic E-state index is 0.0544. The van der Waals surface area contributed by atoms with Crippen molar-refractivity contribution in [2.75, 3.05) is 7.11 Å². The Kier molecular flexibility index (Phi) is 2.66. The molecule has 0 unspecified atom stereocenters. The number of para-hydroxylation sites is 1. The van der Waals surface area contributed by atoms with Crippen molar-refractivity contribution in [2.45, 2.75) is 0 Å². The molecule has 0 bridgehead atoms. The maximum atomic E-state index is 11.5. The van der Waals surface area contributed by atoms with Crippen LogP contribution in [0.2, 0.25) is 5.02 Å². The van der Waals surface area contributed by atoms with E-state index in [4.69, 9.17) is 16.0 Å². The maximum Gasteiger partial charge on any atom is 0.352 e. The van der Waals surface area contributed by atoms with Crippen molar-refractivity contribution in [2.24, 2.45) is 0 Å². The number of fused-ring (bicyclic) bond motifs is 1. The van der Waals surface area contributed by atoms with E-state index in [2.05, 4.69) is 4.74 Å². The van der Waals surface area contributed by atoms with Gasteiger partial charge in [0.15, 0.2) is 5.56 Å². The van der Waals surface area contributed by atoms with Crippen LogP contribution < -0.4 is 5.63 Å².